The topological polar surface area (TPSA) is 20.2 Å². The first-order valence-corrected chi connectivity index (χ1v) is 5.07. The highest BCUT2D eigenvalue weighted by Crippen LogP contribution is 2.55. The van der Waals surface area contributed by atoms with Crippen LogP contribution in [0.1, 0.15) is 30.4 Å². The molecule has 0 aliphatic heterocycles. The number of hydrogen-bond donors (Lipinski definition) is 1. The van der Waals surface area contributed by atoms with E-state index >= 15 is 0 Å². The van der Waals surface area contributed by atoms with Crippen LogP contribution in [0.15, 0.2) is 24.3 Å². The minimum atomic E-state index is -0.0996. The van der Waals surface area contributed by atoms with E-state index in [0.717, 1.165) is 12.8 Å². The van der Waals surface area contributed by atoms with Crippen LogP contribution in [0.25, 0.3) is 0 Å². The summed E-state index contributed by atoms with van der Waals surface area (Å²) in [6.45, 7) is 0. The zero-order valence-electron chi connectivity index (χ0n) is 7.66. The summed E-state index contributed by atoms with van der Waals surface area (Å²) in [6.07, 6.45) is 4.31. The van der Waals surface area contributed by atoms with Gasteiger partial charge in [-0.1, -0.05) is 24.3 Å². The molecule has 1 aromatic rings. The molecule has 0 heterocycles. The first-order valence-electron chi connectivity index (χ1n) is 5.07. The van der Waals surface area contributed by atoms with E-state index < -0.39 is 0 Å². The molecule has 1 saturated carbocycles. The van der Waals surface area contributed by atoms with E-state index in [1.165, 1.54) is 24.0 Å². The standard InChI is InChI=1S/C12H14O/c13-10-7-9-3-1-2-4-11(9)12(8-10)5-6-12/h1-4,10,13H,5-8H2/t10-/m0/s1. The third-order valence-corrected chi connectivity index (χ3v) is 3.52. The molecule has 1 N–H and O–H groups in total. The smallest absolute Gasteiger partial charge is 0.0589 e. The molecule has 0 aromatic heterocycles. The Balaban J connectivity index is 2.12. The van der Waals surface area contributed by atoms with Crippen molar-refractivity contribution in [2.24, 2.45) is 0 Å². The first-order chi connectivity index (χ1) is 6.30. The van der Waals surface area contributed by atoms with Crippen LogP contribution >= 0.6 is 0 Å². The van der Waals surface area contributed by atoms with Crippen molar-refractivity contribution in [1.82, 2.24) is 0 Å². The van der Waals surface area contributed by atoms with Crippen LogP contribution in [-0.2, 0) is 11.8 Å². The molecule has 1 fully saturated rings. The van der Waals surface area contributed by atoms with Gasteiger partial charge in [0.05, 0.1) is 6.10 Å². The Kier molecular flexibility index (Phi) is 1.37. The van der Waals surface area contributed by atoms with E-state index in [4.69, 9.17) is 0 Å². The van der Waals surface area contributed by atoms with Gasteiger partial charge in [0.15, 0.2) is 0 Å². The molecule has 1 heteroatoms. The van der Waals surface area contributed by atoms with Crippen molar-refractivity contribution in [1.29, 1.82) is 0 Å². The van der Waals surface area contributed by atoms with Crippen LogP contribution in [0.5, 0.6) is 0 Å². The molecule has 1 atom stereocenters. The average Bonchev–Trinajstić information content (AvgIpc) is 2.85. The molecule has 2 aliphatic rings. The predicted molar refractivity (Wildman–Crippen MR) is 51.7 cm³/mol. The van der Waals surface area contributed by atoms with Crippen LogP contribution in [0.3, 0.4) is 0 Å². The van der Waals surface area contributed by atoms with E-state index in [1.54, 1.807) is 0 Å². The Morgan fingerprint density at radius 3 is 2.77 bits per heavy atom. The molecule has 1 aromatic carbocycles. The molecule has 1 nitrogen and oxygen atoms in total. The Morgan fingerprint density at radius 1 is 1.23 bits per heavy atom. The number of fused-ring (bicyclic) bond motifs is 2. The maximum Gasteiger partial charge on any atom is 0.0589 e. The quantitative estimate of drug-likeness (QED) is 0.638. The molecule has 0 bridgehead atoms. The highest BCUT2D eigenvalue weighted by Gasteiger charge is 2.48. The van der Waals surface area contributed by atoms with Crippen LogP contribution in [0.4, 0.5) is 0 Å². The van der Waals surface area contributed by atoms with E-state index in [0.29, 0.717) is 5.41 Å². The number of aliphatic hydroxyl groups excluding tert-OH is 1. The highest BCUT2D eigenvalue weighted by atomic mass is 16.3. The van der Waals surface area contributed by atoms with Crippen molar-refractivity contribution in [2.75, 3.05) is 0 Å². The van der Waals surface area contributed by atoms with Gasteiger partial charge in [-0.25, -0.2) is 0 Å². The van der Waals surface area contributed by atoms with E-state index in [9.17, 15) is 5.11 Å². The van der Waals surface area contributed by atoms with Gasteiger partial charge in [-0.05, 0) is 42.2 Å². The van der Waals surface area contributed by atoms with Crippen LogP contribution in [-0.4, -0.2) is 11.2 Å². The summed E-state index contributed by atoms with van der Waals surface area (Å²) >= 11 is 0. The molecule has 0 amide bonds. The molecule has 2 aliphatic carbocycles. The lowest BCUT2D eigenvalue weighted by molar-refractivity contribution is 0.142. The summed E-state index contributed by atoms with van der Waals surface area (Å²) in [6, 6.07) is 8.61. The average molecular weight is 174 g/mol. The summed E-state index contributed by atoms with van der Waals surface area (Å²) in [5, 5.41) is 9.73. The van der Waals surface area contributed by atoms with Gasteiger partial charge < -0.3 is 5.11 Å². The van der Waals surface area contributed by atoms with Crippen molar-refractivity contribution >= 4 is 0 Å². The second kappa shape index (κ2) is 2.36. The van der Waals surface area contributed by atoms with Crippen molar-refractivity contribution in [2.45, 2.75) is 37.2 Å². The molecule has 0 saturated heterocycles. The third kappa shape index (κ3) is 1.03. The molecular weight excluding hydrogens is 160 g/mol. The number of aliphatic hydroxyl groups is 1. The maximum atomic E-state index is 9.73. The molecule has 3 rings (SSSR count). The fraction of sp³-hybridized carbons (Fsp3) is 0.500. The van der Waals surface area contributed by atoms with Gasteiger partial charge in [-0.3, -0.25) is 0 Å². The lowest BCUT2D eigenvalue weighted by atomic mass is 9.79. The van der Waals surface area contributed by atoms with Crippen LogP contribution in [0.2, 0.25) is 0 Å². The van der Waals surface area contributed by atoms with Crippen molar-refractivity contribution < 1.29 is 5.11 Å². The van der Waals surface area contributed by atoms with Gasteiger partial charge in [0.2, 0.25) is 0 Å². The van der Waals surface area contributed by atoms with Gasteiger partial charge in [-0.15, -0.1) is 0 Å². The highest BCUT2D eigenvalue weighted by molar-refractivity contribution is 5.41. The summed E-state index contributed by atoms with van der Waals surface area (Å²) in [5.41, 5.74) is 3.27. The molecular formula is C12H14O. The van der Waals surface area contributed by atoms with Crippen molar-refractivity contribution in [3.05, 3.63) is 35.4 Å². The monoisotopic (exact) mass is 174 g/mol. The molecule has 0 unspecified atom stereocenters. The summed E-state index contributed by atoms with van der Waals surface area (Å²) in [5.74, 6) is 0. The normalized spacial score (nSPS) is 28.5. The Labute approximate surface area is 78.4 Å². The molecule has 0 radical (unpaired) electrons. The van der Waals surface area contributed by atoms with Crippen LogP contribution < -0.4 is 0 Å². The number of benzene rings is 1. The SMILES string of the molecule is O[C@H]1Cc2ccccc2C2(CC2)C1. The summed E-state index contributed by atoms with van der Waals surface area (Å²) in [7, 11) is 0. The van der Waals surface area contributed by atoms with Crippen molar-refractivity contribution in [3.63, 3.8) is 0 Å². The third-order valence-electron chi connectivity index (χ3n) is 3.52. The maximum absolute atomic E-state index is 9.73. The van der Waals surface area contributed by atoms with Crippen LogP contribution in [0, 0.1) is 0 Å². The van der Waals surface area contributed by atoms with E-state index in [2.05, 4.69) is 24.3 Å². The fourth-order valence-electron chi connectivity index (χ4n) is 2.73. The van der Waals surface area contributed by atoms with E-state index in [-0.39, 0.29) is 6.10 Å². The predicted octanol–water partition coefficient (Wildman–Crippen LogP) is 2.03. The van der Waals surface area contributed by atoms with Gasteiger partial charge in [0, 0.05) is 0 Å². The Morgan fingerprint density at radius 2 is 2.00 bits per heavy atom. The van der Waals surface area contributed by atoms with Gasteiger partial charge in [0.25, 0.3) is 0 Å². The zero-order chi connectivity index (χ0) is 8.89. The summed E-state index contributed by atoms with van der Waals surface area (Å²) in [4.78, 5) is 0. The second-order valence-electron chi connectivity index (χ2n) is 4.50. The summed E-state index contributed by atoms with van der Waals surface area (Å²) < 4.78 is 0. The van der Waals surface area contributed by atoms with E-state index in [1.807, 2.05) is 0 Å². The van der Waals surface area contributed by atoms with Gasteiger partial charge >= 0.3 is 0 Å². The number of hydrogen-bond acceptors (Lipinski definition) is 1. The second-order valence-corrected chi connectivity index (χ2v) is 4.50. The molecule has 1 spiro atoms. The Bertz CT molecular complexity index is 339. The first kappa shape index (κ1) is 7.57. The van der Waals surface area contributed by atoms with Gasteiger partial charge in [0.1, 0.15) is 0 Å². The van der Waals surface area contributed by atoms with Gasteiger partial charge in [-0.2, -0.15) is 0 Å². The fourth-order valence-corrected chi connectivity index (χ4v) is 2.73. The molecule has 13 heavy (non-hydrogen) atoms. The van der Waals surface area contributed by atoms with Crippen molar-refractivity contribution in [3.8, 4) is 0 Å². The minimum Gasteiger partial charge on any atom is -0.393 e. The lowest BCUT2D eigenvalue weighted by Crippen LogP contribution is -2.27. The zero-order valence-corrected chi connectivity index (χ0v) is 7.66. The number of rotatable bonds is 0. The lowest BCUT2D eigenvalue weighted by Gasteiger charge is -2.28. The largest absolute Gasteiger partial charge is 0.393 e. The minimum absolute atomic E-state index is 0.0996. The molecule has 68 valence electrons. The Hall–Kier alpha value is -0.820.